The van der Waals surface area contributed by atoms with Gasteiger partial charge in [0.25, 0.3) is 0 Å². The SMILES string of the molecule is CCNC(=O)C(C)(C)CNC(=NCC(=O)N(C)C)NCCSc1ccc(Cl)cc1.I. The monoisotopic (exact) mass is 569 g/mol. The maximum Gasteiger partial charge on any atom is 0.243 e. The number of carbonyl (C=O) groups is 2. The van der Waals surface area contributed by atoms with Gasteiger partial charge in [-0.3, -0.25) is 9.59 Å². The van der Waals surface area contributed by atoms with Gasteiger partial charge in [0.05, 0.1) is 5.41 Å². The van der Waals surface area contributed by atoms with E-state index in [-0.39, 0.29) is 42.3 Å². The number of guanidine groups is 1. The summed E-state index contributed by atoms with van der Waals surface area (Å²) < 4.78 is 0. The Labute approximate surface area is 206 Å². The molecule has 0 fully saturated rings. The third-order valence-corrected chi connectivity index (χ3v) is 5.26. The predicted molar refractivity (Wildman–Crippen MR) is 137 cm³/mol. The summed E-state index contributed by atoms with van der Waals surface area (Å²) in [7, 11) is 3.39. The Balaban J connectivity index is 0.00000841. The van der Waals surface area contributed by atoms with E-state index in [1.807, 2.05) is 45.0 Å². The van der Waals surface area contributed by atoms with E-state index in [2.05, 4.69) is 20.9 Å². The normalized spacial score (nSPS) is 11.3. The van der Waals surface area contributed by atoms with Gasteiger partial charge in [-0.1, -0.05) is 11.6 Å². The van der Waals surface area contributed by atoms with Crippen molar-refractivity contribution < 1.29 is 9.59 Å². The third kappa shape index (κ3) is 11.3. The highest BCUT2D eigenvalue weighted by atomic mass is 127. The van der Waals surface area contributed by atoms with E-state index in [0.717, 1.165) is 10.6 Å². The van der Waals surface area contributed by atoms with Gasteiger partial charge < -0.3 is 20.9 Å². The third-order valence-electron chi connectivity index (χ3n) is 4.00. The molecular formula is C20H33ClIN5O2S. The van der Waals surface area contributed by atoms with Crippen LogP contribution in [-0.4, -0.2) is 68.7 Å². The lowest BCUT2D eigenvalue weighted by molar-refractivity contribution is -0.129. The fourth-order valence-electron chi connectivity index (χ4n) is 2.12. The highest BCUT2D eigenvalue weighted by molar-refractivity contribution is 14.0. The number of hydrogen-bond acceptors (Lipinski definition) is 4. The number of likely N-dealkylation sites (N-methyl/N-ethyl adjacent to an activating group) is 1. The molecule has 0 radical (unpaired) electrons. The van der Waals surface area contributed by atoms with E-state index in [1.165, 1.54) is 4.90 Å². The molecule has 7 nitrogen and oxygen atoms in total. The second-order valence-corrected chi connectivity index (χ2v) is 8.88. The number of amides is 2. The average Bonchev–Trinajstić information content (AvgIpc) is 2.67. The quantitative estimate of drug-likeness (QED) is 0.133. The zero-order chi connectivity index (χ0) is 21.9. The molecule has 0 aliphatic carbocycles. The topological polar surface area (TPSA) is 85.8 Å². The fourth-order valence-corrected chi connectivity index (χ4v) is 3.01. The Morgan fingerprint density at radius 1 is 1.13 bits per heavy atom. The molecule has 0 bridgehead atoms. The van der Waals surface area contributed by atoms with Crippen molar-refractivity contribution in [3.63, 3.8) is 0 Å². The number of halogens is 2. The van der Waals surface area contributed by atoms with E-state index in [4.69, 9.17) is 11.6 Å². The van der Waals surface area contributed by atoms with Crippen molar-refractivity contribution in [1.82, 2.24) is 20.9 Å². The van der Waals surface area contributed by atoms with Crippen molar-refractivity contribution in [2.75, 3.05) is 46.0 Å². The lowest BCUT2D eigenvalue weighted by atomic mass is 9.92. The minimum atomic E-state index is -0.609. The first kappa shape index (κ1) is 28.8. The lowest BCUT2D eigenvalue weighted by Crippen LogP contribution is -2.48. The van der Waals surface area contributed by atoms with Gasteiger partial charge in [0.15, 0.2) is 5.96 Å². The summed E-state index contributed by atoms with van der Waals surface area (Å²) in [4.78, 5) is 31.0. The fraction of sp³-hybridized carbons (Fsp3) is 0.550. The summed E-state index contributed by atoms with van der Waals surface area (Å²) >= 11 is 7.60. The number of hydrogen-bond donors (Lipinski definition) is 3. The van der Waals surface area contributed by atoms with E-state index >= 15 is 0 Å². The highest BCUT2D eigenvalue weighted by Crippen LogP contribution is 2.19. The molecule has 2 amide bonds. The summed E-state index contributed by atoms with van der Waals surface area (Å²) in [5, 5.41) is 9.96. The van der Waals surface area contributed by atoms with Crippen LogP contribution in [0.4, 0.5) is 0 Å². The number of nitrogens with zero attached hydrogens (tertiary/aromatic N) is 2. The summed E-state index contributed by atoms with van der Waals surface area (Å²) in [6.07, 6.45) is 0. The number of aliphatic imine (C=N–C) groups is 1. The Morgan fingerprint density at radius 3 is 2.33 bits per heavy atom. The zero-order valence-corrected chi connectivity index (χ0v) is 22.2. The van der Waals surface area contributed by atoms with Gasteiger partial charge in [0.1, 0.15) is 6.54 Å². The molecule has 0 aliphatic heterocycles. The molecule has 10 heteroatoms. The maximum absolute atomic E-state index is 12.2. The zero-order valence-electron chi connectivity index (χ0n) is 18.3. The summed E-state index contributed by atoms with van der Waals surface area (Å²) in [6, 6.07) is 7.68. The number of thioether (sulfide) groups is 1. The van der Waals surface area contributed by atoms with Crippen molar-refractivity contribution in [2.24, 2.45) is 10.4 Å². The average molecular weight is 570 g/mol. The van der Waals surface area contributed by atoms with Crippen molar-refractivity contribution in [2.45, 2.75) is 25.7 Å². The number of benzene rings is 1. The summed E-state index contributed by atoms with van der Waals surface area (Å²) in [5.41, 5.74) is -0.609. The molecule has 1 aromatic rings. The minimum Gasteiger partial charge on any atom is -0.356 e. The van der Waals surface area contributed by atoms with Gasteiger partial charge in [-0.05, 0) is 45.0 Å². The molecule has 3 N–H and O–H groups in total. The van der Waals surface area contributed by atoms with Crippen LogP contribution in [0, 0.1) is 5.41 Å². The van der Waals surface area contributed by atoms with Crippen LogP contribution in [0.1, 0.15) is 20.8 Å². The molecule has 0 spiro atoms. The van der Waals surface area contributed by atoms with Crippen LogP contribution in [0.3, 0.4) is 0 Å². The second-order valence-electron chi connectivity index (χ2n) is 7.28. The smallest absolute Gasteiger partial charge is 0.243 e. The molecule has 0 heterocycles. The molecule has 1 aromatic carbocycles. The number of nitrogens with one attached hydrogen (secondary N) is 3. The Morgan fingerprint density at radius 2 is 1.77 bits per heavy atom. The molecule has 1 rings (SSSR count). The molecule has 0 unspecified atom stereocenters. The molecule has 0 saturated carbocycles. The lowest BCUT2D eigenvalue weighted by Gasteiger charge is -2.25. The van der Waals surface area contributed by atoms with Crippen LogP contribution in [-0.2, 0) is 9.59 Å². The van der Waals surface area contributed by atoms with E-state index in [9.17, 15) is 9.59 Å². The number of rotatable bonds is 10. The van der Waals surface area contributed by atoms with Crippen LogP contribution in [0.2, 0.25) is 5.02 Å². The van der Waals surface area contributed by atoms with Crippen molar-refractivity contribution in [3.8, 4) is 0 Å². The van der Waals surface area contributed by atoms with Crippen LogP contribution in [0.15, 0.2) is 34.2 Å². The first-order chi connectivity index (χ1) is 13.7. The van der Waals surface area contributed by atoms with E-state index in [1.54, 1.807) is 25.9 Å². The standard InChI is InChI=1S/C20H32ClN5O2S.HI/c1-6-22-18(28)20(2,3)14-25-19(24-13-17(27)26(4)5)23-11-12-29-16-9-7-15(21)8-10-16;/h7-10H,6,11-14H2,1-5H3,(H,22,28)(H2,23,24,25);1H. The molecule has 0 saturated heterocycles. The van der Waals surface area contributed by atoms with Crippen molar-refractivity contribution >= 4 is 65.1 Å². The van der Waals surface area contributed by atoms with E-state index in [0.29, 0.717) is 30.6 Å². The van der Waals surface area contributed by atoms with Gasteiger partial charge in [0.2, 0.25) is 11.8 Å². The maximum atomic E-state index is 12.2. The Kier molecular flexibility index (Phi) is 14.2. The summed E-state index contributed by atoms with van der Waals surface area (Å²) in [6.45, 7) is 7.28. The first-order valence-corrected chi connectivity index (χ1v) is 10.9. The summed E-state index contributed by atoms with van der Waals surface area (Å²) in [5.74, 6) is 1.19. The van der Waals surface area contributed by atoms with Crippen LogP contribution >= 0.6 is 47.3 Å². The Bertz CT molecular complexity index is 699. The highest BCUT2D eigenvalue weighted by Gasteiger charge is 2.27. The molecule has 0 atom stereocenters. The van der Waals surface area contributed by atoms with Crippen molar-refractivity contribution in [3.05, 3.63) is 29.3 Å². The van der Waals surface area contributed by atoms with Gasteiger partial charge in [0, 0.05) is 49.4 Å². The second kappa shape index (κ2) is 14.7. The van der Waals surface area contributed by atoms with Crippen molar-refractivity contribution in [1.29, 1.82) is 0 Å². The minimum absolute atomic E-state index is 0. The Hall–Kier alpha value is -1.20. The molecule has 0 aliphatic rings. The van der Waals surface area contributed by atoms with Gasteiger partial charge in [-0.25, -0.2) is 4.99 Å². The number of carbonyl (C=O) groups excluding carboxylic acids is 2. The van der Waals surface area contributed by atoms with Gasteiger partial charge in [-0.2, -0.15) is 0 Å². The largest absolute Gasteiger partial charge is 0.356 e. The predicted octanol–water partition coefficient (Wildman–Crippen LogP) is 2.84. The molecule has 0 aromatic heterocycles. The van der Waals surface area contributed by atoms with Gasteiger partial charge >= 0.3 is 0 Å². The molecular weight excluding hydrogens is 537 g/mol. The molecule has 170 valence electrons. The van der Waals surface area contributed by atoms with E-state index < -0.39 is 5.41 Å². The molecule has 30 heavy (non-hydrogen) atoms. The van der Waals surface area contributed by atoms with Crippen LogP contribution in [0.5, 0.6) is 0 Å². The van der Waals surface area contributed by atoms with Crippen LogP contribution in [0.25, 0.3) is 0 Å². The van der Waals surface area contributed by atoms with Crippen LogP contribution < -0.4 is 16.0 Å². The first-order valence-electron chi connectivity index (χ1n) is 9.54. The van der Waals surface area contributed by atoms with Gasteiger partial charge in [-0.15, -0.1) is 35.7 Å².